The highest BCUT2D eigenvalue weighted by molar-refractivity contribution is 6.36. The average molecular weight is 646 g/mol. The molecule has 4 fully saturated rings. The quantitative estimate of drug-likeness (QED) is 0.248. The molecule has 11 heteroatoms. The van der Waals surface area contributed by atoms with E-state index in [4.69, 9.17) is 21.3 Å². The van der Waals surface area contributed by atoms with E-state index in [2.05, 4.69) is 21.4 Å². The van der Waals surface area contributed by atoms with Gasteiger partial charge in [-0.1, -0.05) is 36.4 Å². The van der Waals surface area contributed by atoms with Crippen LogP contribution in [0.2, 0.25) is 5.02 Å². The maximum atomic E-state index is 16.8. The number of aromatic nitrogens is 2. The van der Waals surface area contributed by atoms with E-state index in [1.165, 1.54) is 12.1 Å². The van der Waals surface area contributed by atoms with Gasteiger partial charge in [0.2, 0.25) is 5.91 Å². The number of nitrogens with zero attached hydrogens (tertiary/aromatic N) is 5. The summed E-state index contributed by atoms with van der Waals surface area (Å²) in [6.07, 6.45) is 4.35. The molecule has 2 bridgehead atoms. The molecule has 0 saturated carbocycles. The minimum absolute atomic E-state index is 0.0119. The van der Waals surface area contributed by atoms with Crippen LogP contribution in [-0.4, -0.2) is 87.4 Å². The SMILES string of the molecule is C=CC(=O)N1[C@@H]2CC[C@H]1CN(c1nc(OC[C@@]34CCCN3C[C@H](F)C4)nc3c(F)c(-c4cc(O)cc5cccc(Cl)c45)ccc13)C2. The highest BCUT2D eigenvalue weighted by Crippen LogP contribution is 2.43. The molecule has 0 unspecified atom stereocenters. The Balaban J connectivity index is 1.24. The first-order valence-electron chi connectivity index (χ1n) is 15.9. The second-order valence-electron chi connectivity index (χ2n) is 13.1. The molecular weight excluding hydrogens is 612 g/mol. The van der Waals surface area contributed by atoms with Crippen molar-refractivity contribution in [1.82, 2.24) is 19.8 Å². The molecule has 0 spiro atoms. The van der Waals surface area contributed by atoms with Crippen molar-refractivity contribution in [3.63, 3.8) is 0 Å². The number of phenolic OH excluding ortho intramolecular Hbond substituents is 1. The van der Waals surface area contributed by atoms with Crippen LogP contribution in [0.15, 0.2) is 55.1 Å². The number of alkyl halides is 1. The lowest BCUT2D eigenvalue weighted by Crippen LogP contribution is -2.55. The number of benzene rings is 3. The monoisotopic (exact) mass is 645 g/mol. The van der Waals surface area contributed by atoms with Gasteiger partial charge >= 0.3 is 6.01 Å². The Morgan fingerprint density at radius 1 is 1.13 bits per heavy atom. The zero-order valence-electron chi connectivity index (χ0n) is 25.3. The molecule has 1 N–H and O–H groups in total. The van der Waals surface area contributed by atoms with Crippen molar-refractivity contribution in [3.8, 4) is 22.9 Å². The fourth-order valence-corrected chi connectivity index (χ4v) is 8.69. The van der Waals surface area contributed by atoms with E-state index in [1.54, 1.807) is 30.3 Å². The van der Waals surface area contributed by atoms with Crippen molar-refractivity contribution in [1.29, 1.82) is 0 Å². The number of halogens is 3. The first kappa shape index (κ1) is 29.4. The van der Waals surface area contributed by atoms with E-state index in [9.17, 15) is 14.3 Å². The normalized spacial score (nSPS) is 25.8. The van der Waals surface area contributed by atoms with Crippen LogP contribution in [-0.2, 0) is 4.79 Å². The first-order chi connectivity index (χ1) is 22.2. The van der Waals surface area contributed by atoms with Crippen LogP contribution < -0.4 is 9.64 Å². The standard InChI is InChI=1S/C35H34ClF2N5O3/c1-2-29(45)43-22-7-8-23(43)18-41(17-22)33-26-10-9-25(27-14-24(44)13-20-5-3-6-28(36)30(20)27)31(38)32(26)39-34(40-33)46-19-35-11-4-12-42(35)16-21(37)15-35/h2-3,5-6,9-10,13-14,21-23,44H,1,4,7-8,11-12,15-19H2/t21-,22-,23+,35+/m1/s1. The largest absolute Gasteiger partial charge is 0.508 e. The topological polar surface area (TPSA) is 82.0 Å². The predicted molar refractivity (Wildman–Crippen MR) is 174 cm³/mol. The molecule has 238 valence electrons. The molecule has 3 aromatic carbocycles. The lowest BCUT2D eigenvalue weighted by Gasteiger charge is -2.41. The van der Waals surface area contributed by atoms with E-state index >= 15 is 4.39 Å². The van der Waals surface area contributed by atoms with E-state index in [0.717, 1.165) is 32.2 Å². The first-order valence-corrected chi connectivity index (χ1v) is 16.3. The summed E-state index contributed by atoms with van der Waals surface area (Å²) in [6, 6.07) is 11.9. The van der Waals surface area contributed by atoms with Gasteiger partial charge in [-0.25, -0.2) is 8.78 Å². The summed E-state index contributed by atoms with van der Waals surface area (Å²) in [5, 5.41) is 12.8. The van der Waals surface area contributed by atoms with E-state index < -0.39 is 17.5 Å². The summed E-state index contributed by atoms with van der Waals surface area (Å²) in [7, 11) is 0. The second kappa shape index (κ2) is 11.1. The van der Waals surface area contributed by atoms with E-state index in [-0.39, 0.29) is 47.4 Å². The number of piperazine rings is 1. The molecule has 4 atom stereocenters. The van der Waals surface area contributed by atoms with Gasteiger partial charge in [0, 0.05) is 59.5 Å². The maximum Gasteiger partial charge on any atom is 0.319 e. The Kier molecular flexibility index (Phi) is 7.06. The Morgan fingerprint density at radius 2 is 1.93 bits per heavy atom. The minimum atomic E-state index is -0.911. The molecule has 8 rings (SSSR count). The molecule has 4 aliphatic heterocycles. The highest BCUT2D eigenvalue weighted by Gasteiger charge is 2.49. The summed E-state index contributed by atoms with van der Waals surface area (Å²) in [5.41, 5.74) is 0.326. The van der Waals surface area contributed by atoms with Gasteiger partial charge in [0.05, 0.1) is 5.54 Å². The third-order valence-electron chi connectivity index (χ3n) is 10.4. The molecule has 4 aromatic rings. The van der Waals surface area contributed by atoms with Crippen molar-refractivity contribution in [3.05, 3.63) is 66.0 Å². The molecule has 46 heavy (non-hydrogen) atoms. The third kappa shape index (κ3) is 4.68. The van der Waals surface area contributed by atoms with Gasteiger partial charge in [0.15, 0.2) is 5.82 Å². The lowest BCUT2D eigenvalue weighted by molar-refractivity contribution is -0.129. The molecule has 0 aliphatic carbocycles. The van der Waals surface area contributed by atoms with Gasteiger partial charge < -0.3 is 19.6 Å². The van der Waals surface area contributed by atoms with E-state index in [1.807, 2.05) is 11.0 Å². The smallest absolute Gasteiger partial charge is 0.319 e. The van der Waals surface area contributed by atoms with Gasteiger partial charge in [-0.05, 0) is 73.5 Å². The number of amides is 1. The number of fused-ring (bicyclic) bond motifs is 5. The summed E-state index contributed by atoms with van der Waals surface area (Å²) in [6.45, 7) is 6.15. The van der Waals surface area contributed by atoms with Crippen molar-refractivity contribution >= 4 is 45.0 Å². The second-order valence-corrected chi connectivity index (χ2v) is 13.5. The number of ether oxygens (including phenoxy) is 1. The Hall–Kier alpha value is -4.02. The van der Waals surface area contributed by atoms with E-state index in [0.29, 0.717) is 58.6 Å². The molecule has 0 radical (unpaired) electrons. The zero-order valence-corrected chi connectivity index (χ0v) is 26.0. The van der Waals surface area contributed by atoms with Crippen LogP contribution in [0, 0.1) is 5.82 Å². The number of carbonyl (C=O) groups is 1. The van der Waals surface area contributed by atoms with Gasteiger partial charge in [-0.15, -0.1) is 0 Å². The van der Waals surface area contributed by atoms with Crippen LogP contribution in [0.5, 0.6) is 11.8 Å². The predicted octanol–water partition coefficient (Wildman–Crippen LogP) is 6.27. The van der Waals surface area contributed by atoms with Crippen LogP contribution in [0.1, 0.15) is 32.1 Å². The Morgan fingerprint density at radius 3 is 2.72 bits per heavy atom. The molecule has 4 saturated heterocycles. The van der Waals surface area contributed by atoms with Gasteiger partial charge in [0.1, 0.15) is 29.9 Å². The van der Waals surface area contributed by atoms with Crippen molar-refractivity contribution in [2.75, 3.05) is 37.7 Å². The van der Waals surface area contributed by atoms with Crippen LogP contribution >= 0.6 is 11.6 Å². The number of rotatable bonds is 6. The van der Waals surface area contributed by atoms with Crippen LogP contribution in [0.3, 0.4) is 0 Å². The third-order valence-corrected chi connectivity index (χ3v) is 10.7. The number of hydrogen-bond acceptors (Lipinski definition) is 7. The molecular formula is C35H34ClF2N5O3. The highest BCUT2D eigenvalue weighted by atomic mass is 35.5. The Bertz CT molecular complexity index is 1890. The number of carbonyl (C=O) groups excluding carboxylic acids is 1. The van der Waals surface area contributed by atoms with Gasteiger partial charge in [-0.3, -0.25) is 9.69 Å². The maximum absolute atomic E-state index is 16.8. The molecule has 5 heterocycles. The average Bonchev–Trinajstić information content (AvgIpc) is 3.66. The Labute approximate surface area is 270 Å². The van der Waals surface area contributed by atoms with Gasteiger partial charge in [0.25, 0.3) is 0 Å². The fraction of sp³-hybridized carbons (Fsp3) is 0.400. The number of anilines is 1. The molecule has 1 aromatic heterocycles. The summed E-state index contributed by atoms with van der Waals surface area (Å²) in [5.74, 6) is -0.157. The van der Waals surface area contributed by atoms with Crippen molar-refractivity contribution in [2.24, 2.45) is 0 Å². The fourth-order valence-electron chi connectivity index (χ4n) is 8.41. The number of hydrogen-bond donors (Lipinski definition) is 1. The van der Waals surface area contributed by atoms with Crippen LogP contribution in [0.4, 0.5) is 14.6 Å². The zero-order chi connectivity index (χ0) is 31.7. The summed E-state index contributed by atoms with van der Waals surface area (Å²) >= 11 is 6.60. The number of aromatic hydroxyl groups is 1. The summed E-state index contributed by atoms with van der Waals surface area (Å²) < 4.78 is 37.6. The molecule has 8 nitrogen and oxygen atoms in total. The molecule has 4 aliphatic rings. The number of phenols is 1. The lowest BCUT2D eigenvalue weighted by atomic mass is 9.95. The van der Waals surface area contributed by atoms with Crippen molar-refractivity contribution < 1.29 is 23.4 Å². The summed E-state index contributed by atoms with van der Waals surface area (Å²) in [4.78, 5) is 28.3. The minimum Gasteiger partial charge on any atom is -0.508 e. The molecule has 1 amide bonds. The van der Waals surface area contributed by atoms with Gasteiger partial charge in [-0.2, -0.15) is 9.97 Å². The van der Waals surface area contributed by atoms with Crippen molar-refractivity contribution in [2.45, 2.75) is 55.9 Å². The van der Waals surface area contributed by atoms with Crippen LogP contribution in [0.25, 0.3) is 32.8 Å².